The zero-order valence-corrected chi connectivity index (χ0v) is 10.6. The van der Waals surface area contributed by atoms with Gasteiger partial charge in [0.1, 0.15) is 5.82 Å². The summed E-state index contributed by atoms with van der Waals surface area (Å²) >= 11 is 0. The van der Waals surface area contributed by atoms with E-state index in [9.17, 15) is 0 Å². The predicted octanol–water partition coefficient (Wildman–Crippen LogP) is 1.52. The Morgan fingerprint density at radius 3 is 2.78 bits per heavy atom. The normalized spacial score (nSPS) is 16.5. The molecule has 0 amide bonds. The van der Waals surface area contributed by atoms with Crippen molar-refractivity contribution in [3.8, 4) is 0 Å². The van der Waals surface area contributed by atoms with Crippen LogP contribution in [0.1, 0.15) is 32.1 Å². The molecule has 2 rings (SSSR count). The molecule has 1 saturated carbocycles. The minimum atomic E-state index is 0.448. The van der Waals surface area contributed by atoms with Crippen LogP contribution < -0.4 is 16.6 Å². The summed E-state index contributed by atoms with van der Waals surface area (Å²) < 4.78 is 5.81. The van der Waals surface area contributed by atoms with Gasteiger partial charge in [-0.05, 0) is 12.8 Å². The van der Waals surface area contributed by atoms with Crippen LogP contribution in [0.3, 0.4) is 0 Å². The van der Waals surface area contributed by atoms with Gasteiger partial charge in [-0.1, -0.05) is 19.3 Å². The van der Waals surface area contributed by atoms with Gasteiger partial charge in [0.15, 0.2) is 5.82 Å². The maximum absolute atomic E-state index is 5.81. The number of aromatic nitrogens is 2. The van der Waals surface area contributed by atoms with Gasteiger partial charge in [-0.25, -0.2) is 10.8 Å². The highest BCUT2D eigenvalue weighted by atomic mass is 16.5. The molecule has 0 unspecified atom stereocenters. The first-order valence-electron chi connectivity index (χ1n) is 6.52. The second-order valence-electron chi connectivity index (χ2n) is 4.49. The van der Waals surface area contributed by atoms with Crippen molar-refractivity contribution < 1.29 is 4.74 Å². The zero-order valence-electron chi connectivity index (χ0n) is 10.6. The van der Waals surface area contributed by atoms with E-state index in [4.69, 9.17) is 10.6 Å². The molecule has 0 atom stereocenters. The first-order valence-corrected chi connectivity index (χ1v) is 6.52. The lowest BCUT2D eigenvalue weighted by Gasteiger charge is -2.22. The van der Waals surface area contributed by atoms with E-state index in [-0.39, 0.29) is 0 Å². The minimum absolute atomic E-state index is 0.448. The summed E-state index contributed by atoms with van der Waals surface area (Å²) in [6.45, 7) is 1.44. The number of hydrogen-bond acceptors (Lipinski definition) is 6. The smallest absolute Gasteiger partial charge is 0.160 e. The Hall–Kier alpha value is -1.40. The number of rotatable bonds is 6. The average molecular weight is 251 g/mol. The molecule has 0 radical (unpaired) electrons. The molecule has 1 aromatic heterocycles. The standard InChI is InChI=1S/C12H21N5O/c13-17-12-9-14-8-11(16-12)15-6-7-18-10-4-2-1-3-5-10/h8-10H,1-7,13H2,(H2,15,16,17). The Morgan fingerprint density at radius 1 is 1.22 bits per heavy atom. The molecule has 6 nitrogen and oxygen atoms in total. The number of ether oxygens (including phenoxy) is 1. The molecular weight excluding hydrogens is 230 g/mol. The lowest BCUT2D eigenvalue weighted by atomic mass is 9.98. The maximum Gasteiger partial charge on any atom is 0.160 e. The summed E-state index contributed by atoms with van der Waals surface area (Å²) in [5, 5.41) is 3.16. The summed E-state index contributed by atoms with van der Waals surface area (Å²) in [5.74, 6) is 6.52. The van der Waals surface area contributed by atoms with Crippen LogP contribution >= 0.6 is 0 Å². The number of nitrogens with two attached hydrogens (primary N) is 1. The minimum Gasteiger partial charge on any atom is -0.376 e. The van der Waals surface area contributed by atoms with Gasteiger partial charge in [0.2, 0.25) is 0 Å². The van der Waals surface area contributed by atoms with E-state index in [1.54, 1.807) is 12.4 Å². The number of nitrogen functional groups attached to an aromatic ring is 1. The highest BCUT2D eigenvalue weighted by Gasteiger charge is 2.12. The SMILES string of the molecule is NNc1cncc(NCCOC2CCCCC2)n1. The Morgan fingerprint density at radius 2 is 2.00 bits per heavy atom. The van der Waals surface area contributed by atoms with Crippen molar-refractivity contribution in [2.45, 2.75) is 38.2 Å². The van der Waals surface area contributed by atoms with Crippen LogP contribution in [-0.2, 0) is 4.74 Å². The van der Waals surface area contributed by atoms with Crippen LogP contribution in [0.2, 0.25) is 0 Å². The zero-order chi connectivity index (χ0) is 12.6. The van der Waals surface area contributed by atoms with E-state index in [2.05, 4.69) is 20.7 Å². The molecule has 0 aromatic carbocycles. The van der Waals surface area contributed by atoms with Crippen molar-refractivity contribution in [2.75, 3.05) is 23.9 Å². The Kier molecular flexibility index (Phi) is 5.16. The van der Waals surface area contributed by atoms with Crippen molar-refractivity contribution in [1.29, 1.82) is 0 Å². The third-order valence-electron chi connectivity index (χ3n) is 3.10. The molecular formula is C12H21N5O. The van der Waals surface area contributed by atoms with E-state index in [1.807, 2.05) is 0 Å². The fraction of sp³-hybridized carbons (Fsp3) is 0.667. The third kappa shape index (κ3) is 4.12. The second kappa shape index (κ2) is 7.13. The lowest BCUT2D eigenvalue weighted by molar-refractivity contribution is 0.0347. The number of nitrogens with one attached hydrogen (secondary N) is 2. The van der Waals surface area contributed by atoms with Crippen LogP contribution in [0, 0.1) is 0 Å². The molecule has 4 N–H and O–H groups in total. The van der Waals surface area contributed by atoms with Crippen LogP contribution in [0.5, 0.6) is 0 Å². The maximum atomic E-state index is 5.81. The van der Waals surface area contributed by atoms with Gasteiger partial charge in [0.25, 0.3) is 0 Å². The highest BCUT2D eigenvalue weighted by molar-refractivity contribution is 5.40. The summed E-state index contributed by atoms with van der Waals surface area (Å²) in [5.41, 5.74) is 2.46. The number of anilines is 2. The summed E-state index contributed by atoms with van der Waals surface area (Å²) in [7, 11) is 0. The van der Waals surface area contributed by atoms with Gasteiger partial charge in [0.05, 0.1) is 25.1 Å². The highest BCUT2D eigenvalue weighted by Crippen LogP contribution is 2.19. The Balaban J connectivity index is 1.65. The van der Waals surface area contributed by atoms with Gasteiger partial charge in [-0.15, -0.1) is 0 Å². The number of hydrazine groups is 1. The molecule has 18 heavy (non-hydrogen) atoms. The lowest BCUT2D eigenvalue weighted by Crippen LogP contribution is -2.21. The quantitative estimate of drug-likeness (QED) is 0.404. The summed E-state index contributed by atoms with van der Waals surface area (Å²) in [6, 6.07) is 0. The van der Waals surface area contributed by atoms with Crippen molar-refractivity contribution in [3.63, 3.8) is 0 Å². The predicted molar refractivity (Wildman–Crippen MR) is 71.2 cm³/mol. The molecule has 0 saturated heterocycles. The molecule has 1 heterocycles. The van der Waals surface area contributed by atoms with Gasteiger partial charge in [0, 0.05) is 6.54 Å². The molecule has 1 fully saturated rings. The molecule has 1 aliphatic rings. The van der Waals surface area contributed by atoms with Crippen molar-refractivity contribution in [3.05, 3.63) is 12.4 Å². The summed E-state index contributed by atoms with van der Waals surface area (Å²) in [6.07, 6.45) is 10.0. The number of hydrogen-bond donors (Lipinski definition) is 3. The molecule has 1 aliphatic carbocycles. The van der Waals surface area contributed by atoms with Gasteiger partial charge in [-0.2, -0.15) is 0 Å². The van der Waals surface area contributed by atoms with Crippen LogP contribution in [0.4, 0.5) is 11.6 Å². The molecule has 0 spiro atoms. The van der Waals surface area contributed by atoms with E-state index < -0.39 is 0 Å². The van der Waals surface area contributed by atoms with Gasteiger partial charge < -0.3 is 15.5 Å². The third-order valence-corrected chi connectivity index (χ3v) is 3.10. The first kappa shape index (κ1) is 13.0. The molecule has 0 aliphatic heterocycles. The summed E-state index contributed by atoms with van der Waals surface area (Å²) in [4.78, 5) is 8.23. The van der Waals surface area contributed by atoms with E-state index in [0.29, 0.717) is 24.3 Å². The molecule has 100 valence electrons. The van der Waals surface area contributed by atoms with Crippen LogP contribution in [0.25, 0.3) is 0 Å². The van der Waals surface area contributed by atoms with Crippen LogP contribution in [0.15, 0.2) is 12.4 Å². The van der Waals surface area contributed by atoms with E-state index in [1.165, 1.54) is 32.1 Å². The van der Waals surface area contributed by atoms with Crippen LogP contribution in [-0.4, -0.2) is 29.2 Å². The molecule has 1 aromatic rings. The van der Waals surface area contributed by atoms with Gasteiger partial charge in [-0.3, -0.25) is 4.98 Å². The van der Waals surface area contributed by atoms with Crippen molar-refractivity contribution >= 4 is 11.6 Å². The largest absolute Gasteiger partial charge is 0.376 e. The monoisotopic (exact) mass is 251 g/mol. The van der Waals surface area contributed by atoms with Crippen molar-refractivity contribution in [1.82, 2.24) is 9.97 Å². The van der Waals surface area contributed by atoms with Crippen molar-refractivity contribution in [2.24, 2.45) is 5.84 Å². The topological polar surface area (TPSA) is 85.1 Å². The number of nitrogens with zero attached hydrogens (tertiary/aromatic N) is 2. The fourth-order valence-corrected chi connectivity index (χ4v) is 2.16. The molecule has 6 heteroatoms. The Labute approximate surface area is 107 Å². The first-order chi connectivity index (χ1) is 8.88. The molecule has 0 bridgehead atoms. The Bertz CT molecular complexity index is 354. The second-order valence-corrected chi connectivity index (χ2v) is 4.49. The van der Waals surface area contributed by atoms with E-state index >= 15 is 0 Å². The average Bonchev–Trinajstić information content (AvgIpc) is 2.45. The van der Waals surface area contributed by atoms with E-state index in [0.717, 1.165) is 6.54 Å². The fourth-order valence-electron chi connectivity index (χ4n) is 2.16. The van der Waals surface area contributed by atoms with Gasteiger partial charge >= 0.3 is 0 Å².